The summed E-state index contributed by atoms with van der Waals surface area (Å²) in [5.41, 5.74) is 1.48. The summed E-state index contributed by atoms with van der Waals surface area (Å²) in [6, 6.07) is 10.6. The van der Waals surface area contributed by atoms with Gasteiger partial charge in [0.2, 0.25) is 5.91 Å². The maximum Gasteiger partial charge on any atom is 0.304 e. The van der Waals surface area contributed by atoms with E-state index in [-0.39, 0.29) is 18.4 Å². The molecule has 0 radical (unpaired) electrons. The average Bonchev–Trinajstić information content (AvgIpc) is 2.79. The number of pyridine rings is 1. The third-order valence-electron chi connectivity index (χ3n) is 5.20. The Morgan fingerprint density at radius 2 is 2.07 bits per heavy atom. The number of hydrogen-bond donors (Lipinski definition) is 1. The molecule has 1 fully saturated rings. The van der Waals surface area contributed by atoms with Crippen molar-refractivity contribution in [2.45, 2.75) is 26.3 Å². The van der Waals surface area contributed by atoms with Crippen molar-refractivity contribution in [3.8, 4) is 5.75 Å². The van der Waals surface area contributed by atoms with E-state index in [4.69, 9.17) is 4.74 Å². The highest BCUT2D eigenvalue weighted by molar-refractivity contribution is 7.90. The van der Waals surface area contributed by atoms with Crippen molar-refractivity contribution in [3.63, 3.8) is 0 Å². The number of carbonyl (C=O) groups is 1. The van der Waals surface area contributed by atoms with Crippen LogP contribution in [0.1, 0.15) is 25.3 Å². The second-order valence-electron chi connectivity index (χ2n) is 7.15. The summed E-state index contributed by atoms with van der Waals surface area (Å²) < 4.78 is 34.5. The van der Waals surface area contributed by atoms with Crippen LogP contribution in [-0.4, -0.2) is 50.4 Å². The van der Waals surface area contributed by atoms with Crippen LogP contribution in [0.2, 0.25) is 0 Å². The number of benzene rings is 1. The molecule has 0 bridgehead atoms. The largest absolute Gasteiger partial charge is 0.497 e. The molecular formula is C21H28N4O4S. The zero-order valence-electron chi connectivity index (χ0n) is 17.3. The second kappa shape index (κ2) is 9.90. The normalized spacial score (nSPS) is 17.3. The van der Waals surface area contributed by atoms with Crippen LogP contribution in [0.3, 0.4) is 0 Å². The number of hydrogen-bond acceptors (Lipinski definition) is 5. The van der Waals surface area contributed by atoms with Crippen LogP contribution in [0.15, 0.2) is 48.8 Å². The maximum absolute atomic E-state index is 13.3. The quantitative estimate of drug-likeness (QED) is 0.690. The highest BCUT2D eigenvalue weighted by Crippen LogP contribution is 2.26. The average molecular weight is 433 g/mol. The lowest BCUT2D eigenvalue weighted by Gasteiger charge is -2.35. The standard InChI is InChI=1S/C21H28N4O4S/c1-3-25(19-8-10-20(29-2)11-9-19)30(27,28)24-13-5-7-18(16-24)21(26)23-15-17-6-4-12-22-14-17/h4,6,8-12,14,18H,3,5,7,13,15-16H2,1-2H3,(H,23,26). The van der Waals surface area contributed by atoms with Crippen molar-refractivity contribution in [2.24, 2.45) is 5.92 Å². The molecule has 30 heavy (non-hydrogen) atoms. The molecule has 1 saturated heterocycles. The molecule has 2 aromatic rings. The molecule has 1 unspecified atom stereocenters. The predicted molar refractivity (Wildman–Crippen MR) is 115 cm³/mol. The van der Waals surface area contributed by atoms with E-state index in [1.54, 1.807) is 50.7 Å². The van der Waals surface area contributed by atoms with E-state index in [1.807, 2.05) is 12.1 Å². The van der Waals surface area contributed by atoms with Crippen LogP contribution >= 0.6 is 0 Å². The summed E-state index contributed by atoms with van der Waals surface area (Å²) >= 11 is 0. The van der Waals surface area contributed by atoms with Crippen molar-refractivity contribution in [2.75, 3.05) is 31.0 Å². The molecule has 8 nitrogen and oxygen atoms in total. The van der Waals surface area contributed by atoms with Crippen LogP contribution in [0.5, 0.6) is 5.75 Å². The fraction of sp³-hybridized carbons (Fsp3) is 0.429. The number of piperidine rings is 1. The predicted octanol–water partition coefficient (Wildman–Crippen LogP) is 2.19. The summed E-state index contributed by atoms with van der Waals surface area (Å²) in [5.74, 6) is 0.154. The molecule has 162 valence electrons. The number of methoxy groups -OCH3 is 1. The lowest BCUT2D eigenvalue weighted by molar-refractivity contribution is -0.126. The number of amides is 1. The molecule has 9 heteroatoms. The van der Waals surface area contributed by atoms with Gasteiger partial charge in [-0.1, -0.05) is 6.07 Å². The first-order valence-corrected chi connectivity index (χ1v) is 11.4. The highest BCUT2D eigenvalue weighted by atomic mass is 32.2. The van der Waals surface area contributed by atoms with E-state index >= 15 is 0 Å². The molecule has 1 aliphatic heterocycles. The summed E-state index contributed by atoms with van der Waals surface area (Å²) in [4.78, 5) is 16.7. The Kier molecular flexibility index (Phi) is 7.28. The zero-order valence-corrected chi connectivity index (χ0v) is 18.1. The highest BCUT2D eigenvalue weighted by Gasteiger charge is 2.35. The van der Waals surface area contributed by atoms with Crippen molar-refractivity contribution in [3.05, 3.63) is 54.4 Å². The zero-order chi connectivity index (χ0) is 21.6. The Balaban J connectivity index is 1.68. The van der Waals surface area contributed by atoms with Gasteiger partial charge in [-0.25, -0.2) is 0 Å². The van der Waals surface area contributed by atoms with Gasteiger partial charge in [-0.05, 0) is 55.7 Å². The molecule has 1 amide bonds. The molecule has 1 N–H and O–H groups in total. The van der Waals surface area contributed by atoms with Crippen molar-refractivity contribution in [1.29, 1.82) is 0 Å². The minimum Gasteiger partial charge on any atom is -0.497 e. The fourth-order valence-electron chi connectivity index (χ4n) is 3.57. The van der Waals surface area contributed by atoms with Gasteiger partial charge in [-0.2, -0.15) is 12.7 Å². The van der Waals surface area contributed by atoms with E-state index in [0.29, 0.717) is 43.9 Å². The van der Waals surface area contributed by atoms with Gasteiger partial charge in [0.1, 0.15) is 5.75 Å². The van der Waals surface area contributed by atoms with Crippen LogP contribution < -0.4 is 14.4 Å². The van der Waals surface area contributed by atoms with E-state index in [0.717, 1.165) is 5.56 Å². The van der Waals surface area contributed by atoms with E-state index in [2.05, 4.69) is 10.3 Å². The van der Waals surface area contributed by atoms with Crippen molar-refractivity contribution in [1.82, 2.24) is 14.6 Å². The third-order valence-corrected chi connectivity index (χ3v) is 7.21. The van der Waals surface area contributed by atoms with Crippen molar-refractivity contribution >= 4 is 21.8 Å². The van der Waals surface area contributed by atoms with Gasteiger partial charge in [-0.15, -0.1) is 0 Å². The Hall–Kier alpha value is -2.65. The lowest BCUT2D eigenvalue weighted by Crippen LogP contribution is -2.50. The first-order chi connectivity index (χ1) is 14.5. The van der Waals surface area contributed by atoms with Crippen LogP contribution in [0, 0.1) is 5.92 Å². The number of nitrogens with one attached hydrogen (secondary N) is 1. The molecular weight excluding hydrogens is 404 g/mol. The van der Waals surface area contributed by atoms with Gasteiger partial charge in [0.25, 0.3) is 0 Å². The molecule has 0 spiro atoms. The number of anilines is 1. The summed E-state index contributed by atoms with van der Waals surface area (Å²) in [5, 5.41) is 2.90. The Morgan fingerprint density at radius 1 is 1.30 bits per heavy atom. The van der Waals surface area contributed by atoms with Crippen molar-refractivity contribution < 1.29 is 17.9 Å². The summed E-state index contributed by atoms with van der Waals surface area (Å²) in [6.45, 7) is 3.05. The number of nitrogens with zero attached hydrogens (tertiary/aromatic N) is 3. The molecule has 1 aromatic carbocycles. The van der Waals surface area contributed by atoms with Gasteiger partial charge in [0.05, 0.1) is 18.7 Å². The van der Waals surface area contributed by atoms with E-state index < -0.39 is 10.2 Å². The lowest BCUT2D eigenvalue weighted by atomic mass is 9.99. The van der Waals surface area contributed by atoms with Crippen LogP contribution in [0.4, 0.5) is 5.69 Å². The van der Waals surface area contributed by atoms with Gasteiger partial charge in [0, 0.05) is 38.6 Å². The van der Waals surface area contributed by atoms with Crippen LogP contribution in [0.25, 0.3) is 0 Å². The van der Waals surface area contributed by atoms with Crippen LogP contribution in [-0.2, 0) is 21.5 Å². The Labute approximate surface area is 178 Å². The topological polar surface area (TPSA) is 91.8 Å². The second-order valence-corrected chi connectivity index (χ2v) is 9.00. The van der Waals surface area contributed by atoms with E-state index in [9.17, 15) is 13.2 Å². The number of aromatic nitrogens is 1. The molecule has 3 rings (SSSR count). The van der Waals surface area contributed by atoms with Gasteiger partial charge in [-0.3, -0.25) is 14.1 Å². The van der Waals surface area contributed by atoms with Gasteiger partial charge in [0.15, 0.2) is 0 Å². The molecule has 1 aliphatic rings. The monoisotopic (exact) mass is 432 g/mol. The number of carbonyl (C=O) groups excluding carboxylic acids is 1. The van der Waals surface area contributed by atoms with E-state index in [1.165, 1.54) is 8.61 Å². The molecule has 1 atom stereocenters. The maximum atomic E-state index is 13.3. The Morgan fingerprint density at radius 3 is 2.70 bits per heavy atom. The third kappa shape index (κ3) is 5.09. The molecule has 2 heterocycles. The molecule has 1 aromatic heterocycles. The minimum atomic E-state index is -3.74. The smallest absolute Gasteiger partial charge is 0.304 e. The minimum absolute atomic E-state index is 0.133. The fourth-order valence-corrected chi connectivity index (χ4v) is 5.29. The first-order valence-electron chi connectivity index (χ1n) is 10.0. The van der Waals surface area contributed by atoms with Gasteiger partial charge < -0.3 is 10.1 Å². The summed E-state index contributed by atoms with van der Waals surface area (Å²) in [7, 11) is -2.18. The summed E-state index contributed by atoms with van der Waals surface area (Å²) in [6.07, 6.45) is 4.69. The SMILES string of the molecule is CCN(c1ccc(OC)cc1)S(=O)(=O)N1CCCC(C(=O)NCc2cccnc2)C1. The number of rotatable bonds is 8. The Bertz CT molecular complexity index is 935. The molecule has 0 saturated carbocycles. The van der Waals surface area contributed by atoms with Gasteiger partial charge >= 0.3 is 10.2 Å². The first kappa shape index (κ1) is 22.0. The number of ether oxygens (including phenoxy) is 1. The molecule has 0 aliphatic carbocycles.